The Hall–Kier alpha value is -1.73. The van der Waals surface area contributed by atoms with Crippen LogP contribution in [0.4, 0.5) is 26.3 Å². The molecule has 0 saturated heterocycles. The summed E-state index contributed by atoms with van der Waals surface area (Å²) in [6.45, 7) is 0. The Kier molecular flexibility index (Phi) is 8.82. The van der Waals surface area contributed by atoms with Gasteiger partial charge in [0.05, 0.1) is 19.8 Å². The number of hydrogen-bond donors (Lipinski definition) is 2. The topological polar surface area (TPSA) is 195 Å². The molecule has 0 fully saturated rings. The lowest BCUT2D eigenvalue weighted by Gasteiger charge is -2.14. The third kappa shape index (κ3) is 6.95. The van der Waals surface area contributed by atoms with E-state index in [4.69, 9.17) is 23.2 Å². The maximum Gasteiger partial charge on any atom is 0.512 e. The van der Waals surface area contributed by atoms with Crippen molar-refractivity contribution in [2.45, 2.75) is 30.6 Å². The van der Waals surface area contributed by atoms with Crippen LogP contribution >= 0.6 is 23.2 Å². The maximum atomic E-state index is 13.0. The van der Waals surface area contributed by atoms with Crippen molar-refractivity contribution in [1.29, 1.82) is 0 Å². The number of sulfone groups is 1. The fourth-order valence-corrected chi connectivity index (χ4v) is 9.63. The summed E-state index contributed by atoms with van der Waals surface area (Å²) in [6, 6.07) is 2.25. The minimum Gasteiger partial charge on any atom is -0.219 e. The van der Waals surface area contributed by atoms with E-state index in [1.807, 2.05) is 0 Å². The minimum absolute atomic E-state index is 0.0844. The summed E-state index contributed by atoms with van der Waals surface area (Å²) in [5, 5.41) is -1.94. The van der Waals surface area contributed by atoms with Gasteiger partial charge in [0.2, 0.25) is 9.84 Å². The first-order valence-electron chi connectivity index (χ1n) is 8.70. The highest BCUT2D eigenvalue weighted by atomic mass is 35.5. The Balaban J connectivity index is 2.67. The van der Waals surface area contributed by atoms with Gasteiger partial charge in [-0.2, -0.15) is 26.3 Å². The van der Waals surface area contributed by atoms with Gasteiger partial charge in [0.1, 0.15) is 9.79 Å². The second-order valence-electron chi connectivity index (χ2n) is 6.76. The van der Waals surface area contributed by atoms with E-state index in [9.17, 15) is 68.4 Å². The van der Waals surface area contributed by atoms with Crippen molar-refractivity contribution in [2.75, 3.05) is 0 Å². The van der Waals surface area contributed by atoms with Crippen LogP contribution in [0.1, 0.15) is 0 Å². The first-order valence-corrected chi connectivity index (χ1v) is 16.9. The number of rotatable bonds is 8. The molecule has 0 aliphatic heterocycles. The van der Waals surface area contributed by atoms with Crippen LogP contribution in [0.5, 0.6) is 0 Å². The SMILES string of the molecule is O=S(=O)(NS(=O)(=O)C(F)(F)F)c1cc(S(=O)(=O)c2ccc(Cl)c(S(=O)(=O)NS(=O)(=O)C(F)(F)F)c2)ccc1Cl. The highest BCUT2D eigenvalue weighted by Crippen LogP contribution is 2.33. The van der Waals surface area contributed by atoms with E-state index in [-0.39, 0.29) is 12.1 Å². The van der Waals surface area contributed by atoms with Gasteiger partial charge in [0, 0.05) is 0 Å². The molecule has 0 atom stereocenters. The molecule has 25 heteroatoms. The van der Waals surface area contributed by atoms with E-state index < -0.39 is 90.6 Å². The molecule has 39 heavy (non-hydrogen) atoms. The molecule has 0 aliphatic rings. The van der Waals surface area contributed by atoms with Crippen LogP contribution in [0.2, 0.25) is 10.0 Å². The average Bonchev–Trinajstić information content (AvgIpc) is 2.70. The molecular formula is C14H8Cl2F6N2O10S5. The van der Waals surface area contributed by atoms with Gasteiger partial charge in [0.25, 0.3) is 20.0 Å². The molecular weight excluding hydrogens is 701 g/mol. The van der Waals surface area contributed by atoms with Crippen molar-refractivity contribution in [3.8, 4) is 0 Å². The van der Waals surface area contributed by atoms with Crippen LogP contribution in [0, 0.1) is 0 Å². The van der Waals surface area contributed by atoms with E-state index in [0.29, 0.717) is 32.5 Å². The number of halogens is 8. The molecule has 2 aromatic rings. The van der Waals surface area contributed by atoms with Gasteiger partial charge in [-0.15, -0.1) is 0 Å². The van der Waals surface area contributed by atoms with E-state index in [1.54, 1.807) is 0 Å². The fraction of sp³-hybridized carbons (Fsp3) is 0.143. The Morgan fingerprint density at radius 2 is 0.821 bits per heavy atom. The molecule has 2 N–H and O–H groups in total. The lowest BCUT2D eigenvalue weighted by molar-refractivity contribution is -0.0447. The number of hydrogen-bond acceptors (Lipinski definition) is 10. The zero-order valence-corrected chi connectivity index (χ0v) is 23.2. The predicted molar refractivity (Wildman–Crippen MR) is 119 cm³/mol. The highest BCUT2D eigenvalue weighted by molar-refractivity contribution is 8.05. The molecule has 0 heterocycles. The molecule has 0 bridgehead atoms. The summed E-state index contributed by atoms with van der Waals surface area (Å²) in [4.78, 5) is -5.31. The average molecular weight is 709 g/mol. The Bertz CT molecular complexity index is 1740. The molecule has 0 unspecified atom stereocenters. The smallest absolute Gasteiger partial charge is 0.219 e. The van der Waals surface area contributed by atoms with Crippen molar-refractivity contribution in [2.24, 2.45) is 0 Å². The molecule has 0 aromatic heterocycles. The molecule has 12 nitrogen and oxygen atoms in total. The second-order valence-corrected chi connectivity index (χ2v) is 16.7. The van der Waals surface area contributed by atoms with Crippen molar-refractivity contribution < 1.29 is 68.4 Å². The van der Waals surface area contributed by atoms with Crippen molar-refractivity contribution in [1.82, 2.24) is 8.25 Å². The van der Waals surface area contributed by atoms with Crippen molar-refractivity contribution in [3.63, 3.8) is 0 Å². The van der Waals surface area contributed by atoms with Crippen LogP contribution in [-0.4, -0.2) is 53.1 Å². The van der Waals surface area contributed by atoms with Crippen LogP contribution in [0.3, 0.4) is 0 Å². The summed E-state index contributed by atoms with van der Waals surface area (Å²) < 4.78 is 196. The summed E-state index contributed by atoms with van der Waals surface area (Å²) >= 11 is 11.2. The molecule has 0 radical (unpaired) electrons. The van der Waals surface area contributed by atoms with E-state index >= 15 is 0 Å². The fourth-order valence-electron chi connectivity index (χ4n) is 2.32. The molecule has 0 saturated carbocycles. The molecule has 0 aliphatic carbocycles. The quantitative estimate of drug-likeness (QED) is 0.383. The summed E-state index contributed by atoms with van der Waals surface area (Å²) in [7, 11) is -29.6. The normalized spacial score (nSPS) is 14.4. The van der Waals surface area contributed by atoms with E-state index in [1.165, 1.54) is 0 Å². The summed E-state index contributed by atoms with van der Waals surface area (Å²) in [6.07, 6.45) is 0. The molecule has 0 amide bonds. The third-order valence-electron chi connectivity index (χ3n) is 4.05. The highest BCUT2D eigenvalue weighted by Gasteiger charge is 2.50. The molecule has 2 rings (SSSR count). The van der Waals surface area contributed by atoms with Gasteiger partial charge in [0.15, 0.2) is 0 Å². The van der Waals surface area contributed by atoms with Crippen molar-refractivity contribution >= 4 is 73.1 Å². The predicted octanol–water partition coefficient (Wildman–Crippen LogP) is 2.08. The van der Waals surface area contributed by atoms with Crippen LogP contribution in [0.15, 0.2) is 56.0 Å². The lowest BCUT2D eigenvalue weighted by Crippen LogP contribution is -2.40. The number of sulfonamides is 4. The molecule has 2 aromatic carbocycles. The zero-order valence-electron chi connectivity index (χ0n) is 17.6. The first kappa shape index (κ1) is 33.5. The van der Waals surface area contributed by atoms with Gasteiger partial charge in [-0.3, -0.25) is 0 Å². The summed E-state index contributed by atoms with van der Waals surface area (Å²) in [5.41, 5.74) is -12.2. The van der Waals surface area contributed by atoms with E-state index in [0.717, 1.165) is 0 Å². The van der Waals surface area contributed by atoms with Gasteiger partial charge in [-0.05, 0) is 36.4 Å². The Labute approximate surface area is 226 Å². The van der Waals surface area contributed by atoms with Crippen LogP contribution < -0.4 is 8.25 Å². The molecule has 220 valence electrons. The zero-order chi connectivity index (χ0) is 30.6. The standard InChI is InChI=1S/C14H8Cl2F6N2O10S5/c15-9-3-1-7(5-11(9)36(27,28)23-38(31,32)13(17,18)19)35(25,26)8-2-4-10(16)12(6-8)37(29,30)24-39(33,34)14(20,21)22/h1-6,23-24H. The van der Waals surface area contributed by atoms with Gasteiger partial charge in [-0.1, -0.05) is 31.5 Å². The minimum atomic E-state index is -6.54. The third-order valence-corrected chi connectivity index (χ3v) is 13.2. The number of benzene rings is 2. The molecule has 0 spiro atoms. The second kappa shape index (κ2) is 10.3. The van der Waals surface area contributed by atoms with Gasteiger partial charge < -0.3 is 0 Å². The summed E-state index contributed by atoms with van der Waals surface area (Å²) in [5.74, 6) is 0. The maximum absolute atomic E-state index is 13.0. The monoisotopic (exact) mass is 708 g/mol. The van der Waals surface area contributed by atoms with Crippen molar-refractivity contribution in [3.05, 3.63) is 46.4 Å². The van der Waals surface area contributed by atoms with Crippen LogP contribution in [0.25, 0.3) is 0 Å². The lowest BCUT2D eigenvalue weighted by atomic mass is 10.3. The van der Waals surface area contributed by atoms with Gasteiger partial charge >= 0.3 is 31.1 Å². The number of alkyl halides is 6. The Morgan fingerprint density at radius 3 is 1.08 bits per heavy atom. The van der Waals surface area contributed by atoms with Gasteiger partial charge in [-0.25, -0.2) is 42.1 Å². The number of nitrogens with one attached hydrogen (secondary N) is 2. The first-order chi connectivity index (χ1) is 17.2. The largest absolute Gasteiger partial charge is 0.512 e. The van der Waals surface area contributed by atoms with Crippen LogP contribution in [-0.2, 0) is 49.9 Å². The van der Waals surface area contributed by atoms with E-state index in [2.05, 4.69) is 0 Å². The Morgan fingerprint density at radius 1 is 0.538 bits per heavy atom.